The van der Waals surface area contributed by atoms with E-state index in [0.29, 0.717) is 38.2 Å². The Kier molecular flexibility index (Phi) is 8.58. The minimum absolute atomic E-state index is 0.00247. The summed E-state index contributed by atoms with van der Waals surface area (Å²) >= 11 is 1.54. The molecule has 0 spiro atoms. The van der Waals surface area contributed by atoms with Gasteiger partial charge in [-0.3, -0.25) is 4.79 Å². The van der Waals surface area contributed by atoms with Gasteiger partial charge in [-0.25, -0.2) is 4.79 Å². The van der Waals surface area contributed by atoms with Crippen molar-refractivity contribution < 1.29 is 14.3 Å². The summed E-state index contributed by atoms with van der Waals surface area (Å²) in [6.07, 6.45) is 2.59. The summed E-state index contributed by atoms with van der Waals surface area (Å²) in [5.41, 5.74) is 0.646. The average Bonchev–Trinajstić information content (AvgIpc) is 2.82. The van der Waals surface area contributed by atoms with Crippen LogP contribution in [0.4, 0.5) is 10.5 Å². The first-order valence-electron chi connectivity index (χ1n) is 10.5. The molecule has 7 nitrogen and oxygen atoms in total. The molecule has 1 saturated heterocycles. The van der Waals surface area contributed by atoms with Gasteiger partial charge in [-0.1, -0.05) is 42.1 Å². The number of para-hydroxylation sites is 1. The van der Waals surface area contributed by atoms with Gasteiger partial charge in [-0.15, -0.1) is 0 Å². The van der Waals surface area contributed by atoms with E-state index in [4.69, 9.17) is 4.74 Å². The van der Waals surface area contributed by atoms with E-state index in [1.807, 2.05) is 60.7 Å². The second kappa shape index (κ2) is 11.8. The molecule has 2 aromatic carbocycles. The molecule has 1 aliphatic rings. The first-order valence-corrected chi connectivity index (χ1v) is 11.3. The van der Waals surface area contributed by atoms with Crippen LogP contribution in [0.2, 0.25) is 0 Å². The number of carbonyl (C=O) groups excluding carboxylic acids is 2. The van der Waals surface area contributed by atoms with E-state index in [-0.39, 0.29) is 17.7 Å². The van der Waals surface area contributed by atoms with Gasteiger partial charge in [0.25, 0.3) is 5.91 Å². The fraction of sp³-hybridized carbons (Fsp3) is 0.292. The summed E-state index contributed by atoms with van der Waals surface area (Å²) in [4.78, 5) is 28.1. The summed E-state index contributed by atoms with van der Waals surface area (Å²) in [5, 5.41) is 15.5. The zero-order valence-corrected chi connectivity index (χ0v) is 18.7. The van der Waals surface area contributed by atoms with Crippen LogP contribution in [-0.4, -0.2) is 42.6 Å². The fourth-order valence-electron chi connectivity index (χ4n) is 3.26. The Balaban J connectivity index is 1.58. The molecule has 1 fully saturated rings. The van der Waals surface area contributed by atoms with Crippen molar-refractivity contribution in [1.29, 1.82) is 5.26 Å². The lowest BCUT2D eigenvalue weighted by atomic mass is 10.1. The highest BCUT2D eigenvalue weighted by atomic mass is 32.2. The number of piperidine rings is 1. The van der Waals surface area contributed by atoms with Crippen LogP contribution in [0.15, 0.2) is 76.2 Å². The van der Waals surface area contributed by atoms with Gasteiger partial charge < -0.3 is 20.3 Å². The van der Waals surface area contributed by atoms with Crippen LogP contribution in [-0.2, 0) is 9.53 Å². The highest BCUT2D eigenvalue weighted by Crippen LogP contribution is 2.33. The molecule has 0 atom stereocenters. The predicted molar refractivity (Wildman–Crippen MR) is 124 cm³/mol. The molecule has 2 amide bonds. The number of carbonyl (C=O) groups is 2. The van der Waals surface area contributed by atoms with Crippen LogP contribution < -0.4 is 10.6 Å². The van der Waals surface area contributed by atoms with Gasteiger partial charge in [-0.2, -0.15) is 5.26 Å². The highest BCUT2D eigenvalue weighted by Gasteiger charge is 2.23. The maximum absolute atomic E-state index is 12.7. The number of ether oxygens (including phenoxy) is 1. The number of benzene rings is 2. The summed E-state index contributed by atoms with van der Waals surface area (Å²) < 4.78 is 5.02. The van der Waals surface area contributed by atoms with Crippen LogP contribution in [0.3, 0.4) is 0 Å². The number of likely N-dealkylation sites (tertiary alicyclic amines) is 1. The average molecular weight is 451 g/mol. The number of amides is 2. The van der Waals surface area contributed by atoms with E-state index in [9.17, 15) is 14.9 Å². The molecule has 8 heteroatoms. The molecule has 166 valence electrons. The van der Waals surface area contributed by atoms with E-state index in [2.05, 4.69) is 10.6 Å². The van der Waals surface area contributed by atoms with Gasteiger partial charge in [0, 0.05) is 35.1 Å². The zero-order chi connectivity index (χ0) is 22.8. The second-order valence-corrected chi connectivity index (χ2v) is 8.28. The van der Waals surface area contributed by atoms with E-state index < -0.39 is 5.91 Å². The predicted octanol–water partition coefficient (Wildman–Crippen LogP) is 4.39. The molecule has 0 radical (unpaired) electrons. The lowest BCUT2D eigenvalue weighted by Crippen LogP contribution is -2.44. The lowest BCUT2D eigenvalue weighted by Gasteiger charge is -2.31. The Morgan fingerprint density at radius 1 is 1.16 bits per heavy atom. The smallest absolute Gasteiger partial charge is 0.409 e. The Labute approximate surface area is 192 Å². The zero-order valence-electron chi connectivity index (χ0n) is 17.9. The minimum Gasteiger partial charge on any atom is -0.450 e. The minimum atomic E-state index is -0.468. The monoisotopic (exact) mass is 450 g/mol. The second-order valence-electron chi connectivity index (χ2n) is 7.16. The van der Waals surface area contributed by atoms with Crippen molar-refractivity contribution in [3.05, 3.63) is 66.4 Å². The Morgan fingerprint density at radius 3 is 2.53 bits per heavy atom. The normalized spacial score (nSPS) is 14.4. The molecule has 2 N–H and O–H groups in total. The maximum atomic E-state index is 12.7. The van der Waals surface area contributed by atoms with Crippen molar-refractivity contribution in [3.63, 3.8) is 0 Å². The topological polar surface area (TPSA) is 94.5 Å². The SMILES string of the molecule is CCOC(=O)N1CCC(N/C=C(/C#N)C(=O)Nc2ccccc2Sc2ccccc2)CC1. The Bertz CT molecular complexity index is 996. The van der Waals surface area contributed by atoms with Gasteiger partial charge in [0.05, 0.1) is 12.3 Å². The van der Waals surface area contributed by atoms with Crippen molar-refractivity contribution in [2.75, 3.05) is 25.0 Å². The Hall–Kier alpha value is -3.44. The number of nitrogens with zero attached hydrogens (tertiary/aromatic N) is 2. The van der Waals surface area contributed by atoms with Gasteiger partial charge in [-0.05, 0) is 44.0 Å². The third-order valence-corrected chi connectivity index (χ3v) is 6.04. The van der Waals surface area contributed by atoms with Crippen LogP contribution in [0, 0.1) is 11.3 Å². The molecule has 0 aliphatic carbocycles. The van der Waals surface area contributed by atoms with Gasteiger partial charge in [0.1, 0.15) is 11.6 Å². The lowest BCUT2D eigenvalue weighted by molar-refractivity contribution is -0.112. The van der Waals surface area contributed by atoms with Gasteiger partial charge >= 0.3 is 6.09 Å². The van der Waals surface area contributed by atoms with E-state index in [1.165, 1.54) is 6.20 Å². The van der Waals surface area contributed by atoms with Gasteiger partial charge in [0.15, 0.2) is 0 Å². The third-order valence-electron chi connectivity index (χ3n) is 4.96. The van der Waals surface area contributed by atoms with Crippen molar-refractivity contribution in [3.8, 4) is 6.07 Å². The van der Waals surface area contributed by atoms with Crippen LogP contribution >= 0.6 is 11.8 Å². The Morgan fingerprint density at radius 2 is 1.84 bits per heavy atom. The van der Waals surface area contributed by atoms with Crippen LogP contribution in [0.1, 0.15) is 19.8 Å². The van der Waals surface area contributed by atoms with Crippen LogP contribution in [0.5, 0.6) is 0 Å². The molecule has 0 bridgehead atoms. The molecule has 1 aliphatic heterocycles. The largest absolute Gasteiger partial charge is 0.450 e. The van der Waals surface area contributed by atoms with E-state index in [0.717, 1.165) is 9.79 Å². The molecule has 3 rings (SSSR count). The molecule has 0 saturated carbocycles. The first-order chi connectivity index (χ1) is 15.6. The fourth-order valence-corrected chi connectivity index (χ4v) is 4.18. The van der Waals surface area contributed by atoms with Crippen LogP contribution in [0.25, 0.3) is 0 Å². The van der Waals surface area contributed by atoms with Crippen molar-refractivity contribution in [2.45, 2.75) is 35.6 Å². The first kappa shape index (κ1) is 23.2. The molecule has 0 aromatic heterocycles. The number of anilines is 1. The van der Waals surface area contributed by atoms with Crippen molar-refractivity contribution in [1.82, 2.24) is 10.2 Å². The molecule has 32 heavy (non-hydrogen) atoms. The summed E-state index contributed by atoms with van der Waals surface area (Å²) in [6.45, 7) is 3.28. The molecule has 1 heterocycles. The maximum Gasteiger partial charge on any atom is 0.409 e. The molecular formula is C24H26N4O3S. The third kappa shape index (κ3) is 6.53. The molecular weight excluding hydrogens is 424 g/mol. The number of hydrogen-bond acceptors (Lipinski definition) is 6. The quantitative estimate of drug-likeness (QED) is 0.480. The number of hydrogen-bond donors (Lipinski definition) is 2. The van der Waals surface area contributed by atoms with Crippen molar-refractivity contribution in [2.24, 2.45) is 0 Å². The van der Waals surface area contributed by atoms with E-state index >= 15 is 0 Å². The van der Waals surface area contributed by atoms with Crippen molar-refractivity contribution >= 4 is 29.4 Å². The standard InChI is InChI=1S/C24H26N4O3S/c1-2-31-24(30)28-14-12-19(13-15-28)26-17-18(16-25)23(29)27-21-10-6-7-11-22(21)32-20-8-4-3-5-9-20/h3-11,17,19,26H,2,12-15H2,1H3,(H,27,29)/b18-17-. The van der Waals surface area contributed by atoms with Gasteiger partial charge in [0.2, 0.25) is 0 Å². The number of nitriles is 1. The molecule has 2 aromatic rings. The number of nitrogens with one attached hydrogen (secondary N) is 2. The summed E-state index contributed by atoms with van der Waals surface area (Å²) in [7, 11) is 0. The number of rotatable bonds is 7. The summed E-state index contributed by atoms with van der Waals surface area (Å²) in [5.74, 6) is -0.468. The van der Waals surface area contributed by atoms with E-state index in [1.54, 1.807) is 23.6 Å². The molecule has 0 unspecified atom stereocenters. The summed E-state index contributed by atoms with van der Waals surface area (Å²) in [6, 6.07) is 19.4. The highest BCUT2D eigenvalue weighted by molar-refractivity contribution is 7.99.